The Kier molecular flexibility index (Phi) is 8.41. The van der Waals surface area contributed by atoms with Crippen molar-refractivity contribution in [3.05, 3.63) is 72.4 Å². The van der Waals surface area contributed by atoms with Gasteiger partial charge in [-0.1, -0.05) is 30.3 Å². The summed E-state index contributed by atoms with van der Waals surface area (Å²) in [5.74, 6) is 1.29. The molecule has 8 nitrogen and oxygen atoms in total. The van der Waals surface area contributed by atoms with Crippen molar-refractivity contribution >= 4 is 11.8 Å². The third-order valence-corrected chi connectivity index (χ3v) is 7.11. The molecule has 0 bridgehead atoms. The first-order chi connectivity index (χ1) is 18.5. The topological polar surface area (TPSA) is 67.4 Å². The third-order valence-electron chi connectivity index (χ3n) is 7.11. The Morgan fingerprint density at radius 1 is 0.947 bits per heavy atom. The minimum atomic E-state index is -0.308. The van der Waals surface area contributed by atoms with Crippen molar-refractivity contribution in [1.29, 1.82) is 0 Å². The molecule has 1 amide bonds. The first kappa shape index (κ1) is 26.0. The molecule has 0 atom stereocenters. The van der Waals surface area contributed by atoms with E-state index in [4.69, 9.17) is 14.2 Å². The summed E-state index contributed by atoms with van der Waals surface area (Å²) in [7, 11) is 4.08. The molecule has 0 N–H and O–H groups in total. The van der Waals surface area contributed by atoms with E-state index >= 15 is 0 Å². The van der Waals surface area contributed by atoms with Gasteiger partial charge in [0.25, 0.3) is 0 Å². The summed E-state index contributed by atoms with van der Waals surface area (Å²) in [6.45, 7) is 4.79. The molecule has 1 aromatic heterocycles. The van der Waals surface area contributed by atoms with Crippen molar-refractivity contribution in [1.82, 2.24) is 14.8 Å². The summed E-state index contributed by atoms with van der Waals surface area (Å²) >= 11 is 0. The fourth-order valence-electron chi connectivity index (χ4n) is 4.81. The number of piperidine rings is 1. The molecular formula is C30H36N4O4. The molecule has 3 heterocycles. The molecular weight excluding hydrogens is 480 g/mol. The fourth-order valence-corrected chi connectivity index (χ4v) is 4.81. The van der Waals surface area contributed by atoms with E-state index < -0.39 is 0 Å². The van der Waals surface area contributed by atoms with Gasteiger partial charge < -0.3 is 24.0 Å². The number of hydrogen-bond donors (Lipinski definition) is 0. The van der Waals surface area contributed by atoms with Crippen molar-refractivity contribution in [3.63, 3.8) is 0 Å². The van der Waals surface area contributed by atoms with Crippen LogP contribution in [0, 0.1) is 0 Å². The van der Waals surface area contributed by atoms with Gasteiger partial charge in [-0.15, -0.1) is 0 Å². The molecule has 2 aliphatic rings. The molecule has 0 radical (unpaired) electrons. The van der Waals surface area contributed by atoms with Crippen LogP contribution in [0.1, 0.15) is 18.4 Å². The van der Waals surface area contributed by atoms with Crippen LogP contribution in [0.15, 0.2) is 66.9 Å². The zero-order valence-electron chi connectivity index (χ0n) is 22.2. The number of amides is 1. The number of anilines is 1. The molecule has 0 spiro atoms. The highest BCUT2D eigenvalue weighted by molar-refractivity contribution is 5.71. The van der Waals surface area contributed by atoms with Crippen molar-refractivity contribution in [2.45, 2.75) is 25.5 Å². The highest BCUT2D eigenvalue weighted by Crippen LogP contribution is 2.26. The molecule has 0 saturated carbocycles. The van der Waals surface area contributed by atoms with Gasteiger partial charge in [-0.05, 0) is 42.7 Å². The van der Waals surface area contributed by atoms with Gasteiger partial charge in [-0.3, -0.25) is 4.90 Å². The third kappa shape index (κ3) is 6.62. The Labute approximate surface area is 224 Å². The molecule has 8 heteroatoms. The summed E-state index contributed by atoms with van der Waals surface area (Å²) in [5, 5.41) is 0. The van der Waals surface area contributed by atoms with E-state index in [0.29, 0.717) is 37.9 Å². The normalized spacial score (nSPS) is 16.7. The number of pyridine rings is 1. The average molecular weight is 517 g/mol. The predicted octanol–water partition coefficient (Wildman–Crippen LogP) is 4.69. The van der Waals surface area contributed by atoms with Gasteiger partial charge in [0, 0.05) is 75.9 Å². The highest BCUT2D eigenvalue weighted by Gasteiger charge is 2.23. The molecule has 2 saturated heterocycles. The van der Waals surface area contributed by atoms with Crippen LogP contribution >= 0.6 is 0 Å². The number of benzene rings is 2. The minimum Gasteiger partial charge on any atom is -0.474 e. The Bertz CT molecular complexity index is 1190. The van der Waals surface area contributed by atoms with Crippen molar-refractivity contribution < 1.29 is 19.0 Å². The van der Waals surface area contributed by atoms with Gasteiger partial charge in [0.1, 0.15) is 11.9 Å². The van der Waals surface area contributed by atoms with Crippen LogP contribution in [0.4, 0.5) is 10.5 Å². The summed E-state index contributed by atoms with van der Waals surface area (Å²) in [6, 6.07) is 20.3. The highest BCUT2D eigenvalue weighted by atomic mass is 16.6. The molecule has 0 aliphatic carbocycles. The van der Waals surface area contributed by atoms with Gasteiger partial charge >= 0.3 is 6.09 Å². The fraction of sp³-hybridized carbons (Fsp3) is 0.400. The van der Waals surface area contributed by atoms with E-state index in [9.17, 15) is 4.79 Å². The number of carbonyl (C=O) groups excluding carboxylic acids is 1. The maximum Gasteiger partial charge on any atom is 0.415 e. The van der Waals surface area contributed by atoms with Gasteiger partial charge in [0.05, 0.1) is 13.2 Å². The average Bonchev–Trinajstić information content (AvgIpc) is 2.96. The number of hydrogen-bond acceptors (Lipinski definition) is 7. The number of aromatic nitrogens is 1. The van der Waals surface area contributed by atoms with Crippen LogP contribution in [0.2, 0.25) is 0 Å². The van der Waals surface area contributed by atoms with Crippen molar-refractivity contribution in [2.75, 3.05) is 58.4 Å². The lowest BCUT2D eigenvalue weighted by Crippen LogP contribution is -2.42. The van der Waals surface area contributed by atoms with E-state index in [2.05, 4.69) is 45.1 Å². The molecule has 2 fully saturated rings. The molecule has 0 unspecified atom stereocenters. The second-order valence-electron chi connectivity index (χ2n) is 9.99. The van der Waals surface area contributed by atoms with Crippen LogP contribution < -0.4 is 14.4 Å². The maximum atomic E-state index is 12.6. The molecule has 200 valence electrons. The second-order valence-corrected chi connectivity index (χ2v) is 9.99. The quantitative estimate of drug-likeness (QED) is 0.451. The number of rotatable bonds is 7. The number of carbonyl (C=O) groups is 1. The van der Waals surface area contributed by atoms with Gasteiger partial charge in [0.2, 0.25) is 5.88 Å². The molecule has 5 rings (SSSR count). The summed E-state index contributed by atoms with van der Waals surface area (Å²) in [5.41, 5.74) is 4.40. The van der Waals surface area contributed by atoms with Crippen LogP contribution in [0.5, 0.6) is 11.6 Å². The van der Waals surface area contributed by atoms with E-state index in [1.165, 1.54) is 5.69 Å². The minimum absolute atomic E-state index is 0.137. The van der Waals surface area contributed by atoms with Crippen molar-refractivity contribution in [2.24, 2.45) is 0 Å². The van der Waals surface area contributed by atoms with Gasteiger partial charge in [-0.2, -0.15) is 0 Å². The Morgan fingerprint density at radius 3 is 2.34 bits per heavy atom. The van der Waals surface area contributed by atoms with Gasteiger partial charge in [-0.25, -0.2) is 9.78 Å². The summed E-state index contributed by atoms with van der Waals surface area (Å²) < 4.78 is 17.3. The second kappa shape index (κ2) is 12.3. The van der Waals surface area contributed by atoms with Crippen LogP contribution in [-0.4, -0.2) is 80.5 Å². The summed E-state index contributed by atoms with van der Waals surface area (Å²) in [4.78, 5) is 23.3. The maximum absolute atomic E-state index is 12.6. The lowest BCUT2D eigenvalue weighted by molar-refractivity contribution is 0.0413. The number of para-hydroxylation sites is 1. The lowest BCUT2D eigenvalue weighted by Gasteiger charge is -2.32. The molecule has 2 aromatic carbocycles. The standard InChI is InChI=1S/C30H36N4O4/c1-32(2)26-10-7-23(8-11-26)24-9-12-29(31-21-24)37-27-13-15-33(16-14-27)22-25-5-3-4-6-28(25)38-30(35)34-17-19-36-20-18-34/h3-12,21,27H,13-20,22H2,1-2H3. The SMILES string of the molecule is CN(C)c1ccc(-c2ccc(OC3CCN(Cc4ccccc4OC(=O)N4CCOCC4)CC3)nc2)cc1. The number of morpholine rings is 1. The lowest BCUT2D eigenvalue weighted by atomic mass is 10.1. The van der Waals surface area contributed by atoms with E-state index in [-0.39, 0.29) is 12.2 Å². The molecule has 3 aromatic rings. The zero-order valence-corrected chi connectivity index (χ0v) is 22.2. The first-order valence-electron chi connectivity index (χ1n) is 13.3. The predicted molar refractivity (Wildman–Crippen MR) is 148 cm³/mol. The first-order valence-corrected chi connectivity index (χ1v) is 13.3. The van der Waals surface area contributed by atoms with E-state index in [1.54, 1.807) is 4.90 Å². The Balaban J connectivity index is 1.11. The van der Waals surface area contributed by atoms with E-state index in [0.717, 1.165) is 49.2 Å². The number of likely N-dealkylation sites (tertiary alicyclic amines) is 1. The monoisotopic (exact) mass is 516 g/mol. The Hall–Kier alpha value is -3.62. The van der Waals surface area contributed by atoms with Crippen molar-refractivity contribution in [3.8, 4) is 22.8 Å². The van der Waals surface area contributed by atoms with Crippen LogP contribution in [0.3, 0.4) is 0 Å². The zero-order chi connectivity index (χ0) is 26.3. The molecule has 38 heavy (non-hydrogen) atoms. The summed E-state index contributed by atoms with van der Waals surface area (Å²) in [6.07, 6.45) is 3.55. The van der Waals surface area contributed by atoms with Crippen LogP contribution in [-0.2, 0) is 11.3 Å². The van der Waals surface area contributed by atoms with E-state index in [1.807, 2.05) is 50.6 Å². The smallest absolute Gasteiger partial charge is 0.415 e. The number of ether oxygens (including phenoxy) is 3. The van der Waals surface area contributed by atoms with Gasteiger partial charge in [0.15, 0.2) is 0 Å². The number of nitrogens with zero attached hydrogens (tertiary/aromatic N) is 4. The Morgan fingerprint density at radius 2 is 1.66 bits per heavy atom. The largest absolute Gasteiger partial charge is 0.474 e. The van der Waals surface area contributed by atoms with Crippen LogP contribution in [0.25, 0.3) is 11.1 Å². The molecule has 2 aliphatic heterocycles.